The maximum atomic E-state index is 12.7. The molecule has 0 amide bonds. The molecular weight excluding hydrogens is 364 g/mol. The predicted octanol–water partition coefficient (Wildman–Crippen LogP) is 2.69. The number of aromatic nitrogens is 3. The van der Waals surface area contributed by atoms with E-state index in [1.54, 1.807) is 25.4 Å². The maximum absolute atomic E-state index is 12.7. The minimum atomic E-state index is -3.79. The summed E-state index contributed by atoms with van der Waals surface area (Å²) >= 11 is 5.82. The fourth-order valence-electron chi connectivity index (χ4n) is 2.26. The summed E-state index contributed by atoms with van der Waals surface area (Å²) in [6.07, 6.45) is 3.63. The first-order valence-corrected chi connectivity index (χ1v) is 9.27. The lowest BCUT2D eigenvalue weighted by atomic mass is 10.1. The lowest BCUT2D eigenvalue weighted by Crippen LogP contribution is -2.30. The maximum Gasteiger partial charge on any atom is 0.241 e. The zero-order valence-electron chi connectivity index (χ0n) is 13.3. The highest BCUT2D eigenvalue weighted by Gasteiger charge is 2.26. The summed E-state index contributed by atoms with van der Waals surface area (Å²) < 4.78 is 33.4. The van der Waals surface area contributed by atoms with Gasteiger partial charge in [-0.05, 0) is 42.3 Å². The van der Waals surface area contributed by atoms with Crippen LogP contribution in [-0.2, 0) is 16.4 Å². The topological polar surface area (TPSA) is 98.0 Å². The molecule has 130 valence electrons. The number of hydrogen-bond donors (Lipinski definition) is 1. The first kappa shape index (κ1) is 17.5. The largest absolute Gasteiger partial charge is 0.424 e. The summed E-state index contributed by atoms with van der Waals surface area (Å²) in [6, 6.07) is 8.81. The Kier molecular flexibility index (Phi) is 5.12. The zero-order valence-corrected chi connectivity index (χ0v) is 14.8. The highest BCUT2D eigenvalue weighted by atomic mass is 35.5. The van der Waals surface area contributed by atoms with Crippen molar-refractivity contribution in [1.29, 1.82) is 0 Å². The molecule has 1 N–H and O–H groups in total. The van der Waals surface area contributed by atoms with E-state index >= 15 is 0 Å². The van der Waals surface area contributed by atoms with Gasteiger partial charge in [-0.25, -0.2) is 8.42 Å². The van der Waals surface area contributed by atoms with Crippen molar-refractivity contribution in [1.82, 2.24) is 19.9 Å². The third kappa shape index (κ3) is 4.41. The van der Waals surface area contributed by atoms with E-state index in [0.29, 0.717) is 17.3 Å². The molecule has 2 heterocycles. The summed E-state index contributed by atoms with van der Waals surface area (Å²) in [6.45, 7) is 1.64. The molecule has 9 heteroatoms. The molecule has 0 aliphatic rings. The van der Waals surface area contributed by atoms with Crippen molar-refractivity contribution in [2.75, 3.05) is 0 Å². The Morgan fingerprint density at radius 2 is 1.96 bits per heavy atom. The van der Waals surface area contributed by atoms with E-state index in [1.165, 1.54) is 24.3 Å². The van der Waals surface area contributed by atoms with Crippen molar-refractivity contribution < 1.29 is 12.8 Å². The lowest BCUT2D eigenvalue weighted by Gasteiger charge is -2.15. The van der Waals surface area contributed by atoms with Gasteiger partial charge in [0.05, 0.1) is 4.90 Å². The molecule has 7 nitrogen and oxygen atoms in total. The number of aryl methyl sites for hydroxylation is 1. The van der Waals surface area contributed by atoms with Crippen LogP contribution in [0.3, 0.4) is 0 Å². The van der Waals surface area contributed by atoms with Gasteiger partial charge in [0.1, 0.15) is 6.04 Å². The van der Waals surface area contributed by atoms with Gasteiger partial charge >= 0.3 is 0 Å². The van der Waals surface area contributed by atoms with Crippen molar-refractivity contribution in [3.63, 3.8) is 0 Å². The van der Waals surface area contributed by atoms with E-state index in [1.807, 2.05) is 6.07 Å². The van der Waals surface area contributed by atoms with Crippen molar-refractivity contribution in [3.8, 4) is 0 Å². The third-order valence-electron chi connectivity index (χ3n) is 3.42. The molecule has 2 aromatic heterocycles. The molecule has 0 aliphatic carbocycles. The van der Waals surface area contributed by atoms with E-state index in [2.05, 4.69) is 19.9 Å². The van der Waals surface area contributed by atoms with Crippen LogP contribution in [0.4, 0.5) is 0 Å². The van der Waals surface area contributed by atoms with E-state index in [-0.39, 0.29) is 10.8 Å². The number of nitrogens with one attached hydrogen (secondary N) is 1. The molecule has 1 unspecified atom stereocenters. The summed E-state index contributed by atoms with van der Waals surface area (Å²) in [5.41, 5.74) is 0.835. The van der Waals surface area contributed by atoms with Crippen LogP contribution in [0.15, 0.2) is 58.1 Å². The minimum Gasteiger partial charge on any atom is -0.424 e. The number of nitrogens with zero attached hydrogens (tertiary/aromatic N) is 3. The Morgan fingerprint density at radius 1 is 1.20 bits per heavy atom. The molecule has 1 aromatic carbocycles. The first-order valence-electron chi connectivity index (χ1n) is 7.41. The van der Waals surface area contributed by atoms with Crippen molar-refractivity contribution >= 4 is 21.6 Å². The monoisotopic (exact) mass is 378 g/mol. The molecule has 0 aliphatic heterocycles. The van der Waals surface area contributed by atoms with Crippen LogP contribution in [0.5, 0.6) is 0 Å². The second-order valence-electron chi connectivity index (χ2n) is 5.35. The van der Waals surface area contributed by atoms with Crippen molar-refractivity contribution in [3.05, 3.63) is 71.2 Å². The van der Waals surface area contributed by atoms with Crippen LogP contribution in [0.1, 0.15) is 23.4 Å². The lowest BCUT2D eigenvalue weighted by molar-refractivity contribution is 0.411. The number of benzene rings is 1. The predicted molar refractivity (Wildman–Crippen MR) is 91.5 cm³/mol. The van der Waals surface area contributed by atoms with Crippen LogP contribution in [0.2, 0.25) is 5.02 Å². The van der Waals surface area contributed by atoms with Crippen molar-refractivity contribution in [2.24, 2.45) is 0 Å². The third-order valence-corrected chi connectivity index (χ3v) is 5.16. The molecule has 3 rings (SSSR count). The minimum absolute atomic E-state index is 0.101. The van der Waals surface area contributed by atoms with Gasteiger partial charge in [-0.15, -0.1) is 10.2 Å². The molecule has 1 atom stereocenters. The summed E-state index contributed by atoms with van der Waals surface area (Å²) in [5.74, 6) is 0.552. The number of hydrogen-bond acceptors (Lipinski definition) is 6. The molecule has 0 saturated heterocycles. The summed E-state index contributed by atoms with van der Waals surface area (Å²) in [5, 5.41) is 8.18. The van der Waals surface area contributed by atoms with Crippen LogP contribution >= 0.6 is 11.6 Å². The fourth-order valence-corrected chi connectivity index (χ4v) is 3.57. The average molecular weight is 379 g/mol. The molecule has 0 radical (unpaired) electrons. The Bertz CT molecular complexity index is 943. The Hall–Kier alpha value is -2.29. The SMILES string of the molecule is Cc1nnc(C(Cc2cccnc2)NS(=O)(=O)c2ccc(Cl)cc2)o1. The first-order chi connectivity index (χ1) is 11.9. The Labute approximate surface area is 150 Å². The quantitative estimate of drug-likeness (QED) is 0.708. The standard InChI is InChI=1S/C16H15ClN4O3S/c1-11-19-20-16(24-11)15(9-12-3-2-8-18-10-12)21-25(22,23)14-6-4-13(17)5-7-14/h2-8,10,15,21H,9H2,1H3. The van der Waals surface area contributed by atoms with Crippen LogP contribution in [0, 0.1) is 6.92 Å². The van der Waals surface area contributed by atoms with Gasteiger partial charge in [-0.3, -0.25) is 4.98 Å². The van der Waals surface area contributed by atoms with Gasteiger partial charge in [0.2, 0.25) is 21.8 Å². The van der Waals surface area contributed by atoms with E-state index in [4.69, 9.17) is 16.0 Å². The molecule has 0 spiro atoms. The van der Waals surface area contributed by atoms with Gasteiger partial charge < -0.3 is 4.42 Å². The Morgan fingerprint density at radius 3 is 2.56 bits per heavy atom. The van der Waals surface area contributed by atoms with E-state index < -0.39 is 16.1 Å². The molecule has 0 bridgehead atoms. The fraction of sp³-hybridized carbons (Fsp3) is 0.188. The van der Waals surface area contributed by atoms with Gasteiger partial charge in [0, 0.05) is 24.3 Å². The van der Waals surface area contributed by atoms with Crippen LogP contribution in [0.25, 0.3) is 0 Å². The highest BCUT2D eigenvalue weighted by Crippen LogP contribution is 2.21. The highest BCUT2D eigenvalue weighted by molar-refractivity contribution is 7.89. The van der Waals surface area contributed by atoms with Crippen LogP contribution < -0.4 is 4.72 Å². The molecule has 3 aromatic rings. The normalized spacial score (nSPS) is 12.9. The van der Waals surface area contributed by atoms with Gasteiger partial charge in [-0.1, -0.05) is 17.7 Å². The smallest absolute Gasteiger partial charge is 0.241 e. The summed E-state index contributed by atoms with van der Waals surface area (Å²) in [7, 11) is -3.79. The molecule has 0 fully saturated rings. The van der Waals surface area contributed by atoms with Gasteiger partial charge in [-0.2, -0.15) is 4.72 Å². The van der Waals surface area contributed by atoms with Gasteiger partial charge in [0.15, 0.2) is 0 Å². The zero-order chi connectivity index (χ0) is 17.9. The van der Waals surface area contributed by atoms with E-state index in [0.717, 1.165) is 5.56 Å². The molecular formula is C16H15ClN4O3S. The number of pyridine rings is 1. The van der Waals surface area contributed by atoms with Crippen LogP contribution in [-0.4, -0.2) is 23.6 Å². The number of halogens is 1. The van der Waals surface area contributed by atoms with Crippen molar-refractivity contribution in [2.45, 2.75) is 24.3 Å². The molecule has 0 saturated carbocycles. The van der Waals surface area contributed by atoms with E-state index in [9.17, 15) is 8.42 Å². The number of sulfonamides is 1. The Balaban J connectivity index is 1.90. The van der Waals surface area contributed by atoms with Gasteiger partial charge in [0.25, 0.3) is 0 Å². The second kappa shape index (κ2) is 7.30. The summed E-state index contributed by atoms with van der Waals surface area (Å²) in [4.78, 5) is 4.14. The molecule has 25 heavy (non-hydrogen) atoms. The second-order valence-corrected chi connectivity index (χ2v) is 7.50. The number of rotatable bonds is 6. The average Bonchev–Trinajstić information content (AvgIpc) is 3.02.